The molecule has 1 aromatic carbocycles. The van der Waals surface area contributed by atoms with E-state index in [1.807, 2.05) is 0 Å². The van der Waals surface area contributed by atoms with Crippen LogP contribution in [0.4, 0.5) is 0 Å². The fraction of sp³-hybridized carbons (Fsp3) is 0.467. The van der Waals surface area contributed by atoms with Crippen molar-refractivity contribution >= 4 is 11.9 Å². The number of rotatable bonds is 5. The number of hydrogen-bond acceptors (Lipinski definition) is 4. The Balaban J connectivity index is 2.14. The molecular weight excluding hydrogens is 274 g/mol. The van der Waals surface area contributed by atoms with E-state index in [1.165, 1.54) is 12.0 Å². The van der Waals surface area contributed by atoms with Crippen LogP contribution >= 0.6 is 0 Å². The van der Waals surface area contributed by atoms with E-state index >= 15 is 0 Å². The van der Waals surface area contributed by atoms with E-state index in [-0.39, 0.29) is 12.3 Å². The van der Waals surface area contributed by atoms with Gasteiger partial charge in [-0.15, -0.1) is 0 Å². The lowest BCUT2D eigenvalue weighted by Gasteiger charge is -2.22. The van der Waals surface area contributed by atoms with Gasteiger partial charge in [-0.3, -0.25) is 4.79 Å². The minimum Gasteiger partial charge on any atom is -0.497 e. The summed E-state index contributed by atoms with van der Waals surface area (Å²) < 4.78 is 10.4. The summed E-state index contributed by atoms with van der Waals surface area (Å²) >= 11 is 0. The maximum atomic E-state index is 12.3. The molecule has 0 spiro atoms. The molecule has 0 aromatic heterocycles. The van der Waals surface area contributed by atoms with E-state index in [1.54, 1.807) is 25.3 Å². The van der Waals surface area contributed by atoms with Gasteiger partial charge in [0, 0.05) is 18.2 Å². The summed E-state index contributed by atoms with van der Waals surface area (Å²) in [6.07, 6.45) is 1.36. The highest BCUT2D eigenvalue weighted by Gasteiger charge is 2.33. The van der Waals surface area contributed by atoms with E-state index in [4.69, 9.17) is 14.6 Å². The Morgan fingerprint density at radius 2 is 2.10 bits per heavy atom. The summed E-state index contributed by atoms with van der Waals surface area (Å²) in [5, 5.41) is 9.13. The molecule has 1 aliphatic heterocycles. The predicted octanol–water partition coefficient (Wildman–Crippen LogP) is 1.32. The second-order valence-corrected chi connectivity index (χ2v) is 4.94. The van der Waals surface area contributed by atoms with E-state index in [0.29, 0.717) is 24.5 Å². The van der Waals surface area contributed by atoms with Gasteiger partial charge in [0.15, 0.2) is 0 Å². The van der Waals surface area contributed by atoms with Crippen LogP contribution in [0.5, 0.6) is 11.5 Å². The molecular formula is C15H19NO5. The number of ether oxygens (including phenoxy) is 2. The number of hydrogen-bond donors (Lipinski definition) is 1. The fourth-order valence-corrected chi connectivity index (χ4v) is 2.58. The van der Waals surface area contributed by atoms with Gasteiger partial charge in [-0.1, -0.05) is 6.07 Å². The topological polar surface area (TPSA) is 76.1 Å². The van der Waals surface area contributed by atoms with Crippen LogP contribution < -0.4 is 9.47 Å². The van der Waals surface area contributed by atoms with Crippen LogP contribution in [0.25, 0.3) is 0 Å². The average molecular weight is 293 g/mol. The van der Waals surface area contributed by atoms with Crippen molar-refractivity contribution in [1.29, 1.82) is 0 Å². The number of likely N-dealkylation sites (tertiary alicyclic amines) is 1. The predicted molar refractivity (Wildman–Crippen MR) is 75.6 cm³/mol. The minimum atomic E-state index is -0.942. The molecule has 1 amide bonds. The second kappa shape index (κ2) is 6.47. The average Bonchev–Trinajstić information content (AvgIpc) is 2.97. The molecule has 1 aromatic rings. The standard InChI is InChI=1S/C15H19NO5/c1-20-11-6-5-10(13(9-11)21-2)8-14(17)16-7-3-4-12(16)15(18)19/h5-6,9,12H,3-4,7-8H2,1-2H3,(H,18,19). The molecule has 6 nitrogen and oxygen atoms in total. The molecule has 1 unspecified atom stereocenters. The quantitative estimate of drug-likeness (QED) is 0.886. The van der Waals surface area contributed by atoms with Crippen molar-refractivity contribution in [2.24, 2.45) is 0 Å². The molecule has 1 N–H and O–H groups in total. The van der Waals surface area contributed by atoms with Crippen molar-refractivity contribution in [3.63, 3.8) is 0 Å². The first-order valence-electron chi connectivity index (χ1n) is 6.80. The van der Waals surface area contributed by atoms with Crippen LogP contribution in [0.15, 0.2) is 18.2 Å². The van der Waals surface area contributed by atoms with Gasteiger partial charge < -0.3 is 19.5 Å². The molecule has 1 aliphatic rings. The Kier molecular flexibility index (Phi) is 4.67. The first-order valence-corrected chi connectivity index (χ1v) is 6.80. The van der Waals surface area contributed by atoms with Crippen LogP contribution in [0.3, 0.4) is 0 Å². The van der Waals surface area contributed by atoms with E-state index in [2.05, 4.69) is 0 Å². The molecule has 6 heteroatoms. The molecule has 0 saturated carbocycles. The highest BCUT2D eigenvalue weighted by Crippen LogP contribution is 2.26. The minimum absolute atomic E-state index is 0.122. The normalized spacial score (nSPS) is 17.6. The lowest BCUT2D eigenvalue weighted by atomic mass is 10.1. The van der Waals surface area contributed by atoms with Gasteiger partial charge in [-0.05, 0) is 18.9 Å². The lowest BCUT2D eigenvalue weighted by Crippen LogP contribution is -2.41. The fourth-order valence-electron chi connectivity index (χ4n) is 2.58. The van der Waals surface area contributed by atoms with Crippen LogP contribution in [-0.4, -0.2) is 48.7 Å². The number of benzene rings is 1. The van der Waals surface area contributed by atoms with Gasteiger partial charge in [-0.2, -0.15) is 0 Å². The molecule has 114 valence electrons. The number of methoxy groups -OCH3 is 2. The first-order chi connectivity index (χ1) is 10.1. The molecule has 1 saturated heterocycles. The van der Waals surface area contributed by atoms with Crippen LogP contribution in [-0.2, 0) is 16.0 Å². The highest BCUT2D eigenvalue weighted by atomic mass is 16.5. The Morgan fingerprint density at radius 3 is 2.71 bits per heavy atom. The number of amides is 1. The van der Waals surface area contributed by atoms with Gasteiger partial charge >= 0.3 is 5.97 Å². The molecule has 21 heavy (non-hydrogen) atoms. The van der Waals surface area contributed by atoms with Gasteiger partial charge in [0.1, 0.15) is 17.5 Å². The zero-order valence-corrected chi connectivity index (χ0v) is 12.2. The van der Waals surface area contributed by atoms with Crippen molar-refractivity contribution in [2.75, 3.05) is 20.8 Å². The molecule has 0 aliphatic carbocycles. The Hall–Kier alpha value is -2.24. The third-order valence-electron chi connectivity index (χ3n) is 3.69. The number of carbonyl (C=O) groups is 2. The molecule has 1 atom stereocenters. The number of carboxylic acid groups (broad SMARTS) is 1. The summed E-state index contributed by atoms with van der Waals surface area (Å²) in [6, 6.07) is 4.52. The zero-order chi connectivity index (χ0) is 15.4. The van der Waals surface area contributed by atoms with Gasteiger partial charge in [0.2, 0.25) is 5.91 Å². The Labute approximate surface area is 123 Å². The van der Waals surface area contributed by atoms with Crippen molar-refractivity contribution in [3.05, 3.63) is 23.8 Å². The van der Waals surface area contributed by atoms with Crippen LogP contribution in [0.2, 0.25) is 0 Å². The molecule has 1 heterocycles. The maximum Gasteiger partial charge on any atom is 0.326 e. The second-order valence-electron chi connectivity index (χ2n) is 4.94. The lowest BCUT2D eigenvalue weighted by molar-refractivity contribution is -0.148. The zero-order valence-electron chi connectivity index (χ0n) is 12.2. The van der Waals surface area contributed by atoms with Crippen LogP contribution in [0.1, 0.15) is 18.4 Å². The largest absolute Gasteiger partial charge is 0.497 e. The Morgan fingerprint density at radius 1 is 1.33 bits per heavy atom. The summed E-state index contributed by atoms with van der Waals surface area (Å²) in [4.78, 5) is 24.9. The molecule has 0 bridgehead atoms. The van der Waals surface area contributed by atoms with Gasteiger partial charge in [0.05, 0.1) is 20.6 Å². The van der Waals surface area contributed by atoms with Crippen molar-refractivity contribution in [3.8, 4) is 11.5 Å². The summed E-state index contributed by atoms with van der Waals surface area (Å²) in [5.74, 6) is 0.0762. The van der Waals surface area contributed by atoms with Gasteiger partial charge in [0.25, 0.3) is 0 Å². The summed E-state index contributed by atoms with van der Waals surface area (Å²) in [7, 11) is 3.08. The summed E-state index contributed by atoms with van der Waals surface area (Å²) in [6.45, 7) is 0.494. The van der Waals surface area contributed by atoms with E-state index < -0.39 is 12.0 Å². The van der Waals surface area contributed by atoms with E-state index in [9.17, 15) is 9.59 Å². The highest BCUT2D eigenvalue weighted by molar-refractivity contribution is 5.86. The molecule has 0 radical (unpaired) electrons. The number of carboxylic acids is 1. The number of carbonyl (C=O) groups excluding carboxylic acids is 1. The third kappa shape index (κ3) is 3.26. The molecule has 2 rings (SSSR count). The Bertz CT molecular complexity index is 543. The number of nitrogens with zero attached hydrogens (tertiary/aromatic N) is 1. The smallest absolute Gasteiger partial charge is 0.326 e. The van der Waals surface area contributed by atoms with Crippen LogP contribution in [0, 0.1) is 0 Å². The van der Waals surface area contributed by atoms with Gasteiger partial charge in [-0.25, -0.2) is 4.79 Å². The van der Waals surface area contributed by atoms with Crippen molar-refractivity contribution < 1.29 is 24.2 Å². The monoisotopic (exact) mass is 293 g/mol. The summed E-state index contributed by atoms with van der Waals surface area (Å²) in [5.41, 5.74) is 0.722. The van der Waals surface area contributed by atoms with E-state index in [0.717, 1.165) is 12.0 Å². The maximum absolute atomic E-state index is 12.3. The third-order valence-corrected chi connectivity index (χ3v) is 3.69. The molecule has 1 fully saturated rings. The SMILES string of the molecule is COc1ccc(CC(=O)N2CCCC2C(=O)O)c(OC)c1. The van der Waals surface area contributed by atoms with Crippen molar-refractivity contribution in [2.45, 2.75) is 25.3 Å². The van der Waals surface area contributed by atoms with Crippen molar-refractivity contribution in [1.82, 2.24) is 4.90 Å². The first kappa shape index (κ1) is 15.2. The number of aliphatic carboxylic acids is 1.